The number of aryl methyl sites for hydroxylation is 1. The number of likely N-dealkylation sites (tertiary alicyclic amines) is 1. The van der Waals surface area contributed by atoms with Crippen LogP contribution in [0, 0.1) is 6.92 Å². The first-order valence-corrected chi connectivity index (χ1v) is 10.7. The molecular formula is C23H29N5O2. The predicted molar refractivity (Wildman–Crippen MR) is 115 cm³/mol. The lowest BCUT2D eigenvalue weighted by atomic mass is 10.1. The average Bonchev–Trinajstić information content (AvgIpc) is 3.39. The number of amides is 1. The molecule has 1 aromatic carbocycles. The molecule has 3 aromatic rings. The van der Waals surface area contributed by atoms with E-state index in [9.17, 15) is 4.79 Å². The number of rotatable bonds is 7. The molecule has 0 bridgehead atoms. The Morgan fingerprint density at radius 2 is 1.97 bits per heavy atom. The van der Waals surface area contributed by atoms with Crippen LogP contribution < -0.4 is 5.32 Å². The van der Waals surface area contributed by atoms with Gasteiger partial charge in [0.1, 0.15) is 0 Å². The maximum atomic E-state index is 12.5. The molecule has 158 valence electrons. The molecule has 4 rings (SSSR count). The van der Waals surface area contributed by atoms with Crippen LogP contribution >= 0.6 is 0 Å². The van der Waals surface area contributed by atoms with Crippen LogP contribution in [0.15, 0.2) is 41.1 Å². The fourth-order valence-corrected chi connectivity index (χ4v) is 4.00. The molecular weight excluding hydrogens is 378 g/mol. The highest BCUT2D eigenvalue weighted by Crippen LogP contribution is 2.24. The molecule has 7 nitrogen and oxygen atoms in total. The number of carbonyl (C=O) groups excluding carboxylic acids is 1. The van der Waals surface area contributed by atoms with Gasteiger partial charge in [-0.05, 0) is 50.9 Å². The molecule has 0 unspecified atom stereocenters. The Labute approximate surface area is 177 Å². The lowest BCUT2D eigenvalue weighted by Crippen LogP contribution is -2.29. The highest BCUT2D eigenvalue weighted by molar-refractivity contribution is 5.93. The standard InChI is InChI=1S/C23H29N5O2/c1-3-28-17(2)20(15-25-28)22-13-21(26-30-22)23(29)24-14-18-8-7-9-19(12-18)16-27-10-5-4-6-11-27/h7-9,12-13,15H,3-6,10-11,14,16H2,1-2H3,(H,24,29). The molecule has 1 saturated heterocycles. The molecule has 30 heavy (non-hydrogen) atoms. The third-order valence-corrected chi connectivity index (χ3v) is 5.71. The lowest BCUT2D eigenvalue weighted by Gasteiger charge is -2.26. The summed E-state index contributed by atoms with van der Waals surface area (Å²) in [5.41, 5.74) is 4.50. The van der Waals surface area contributed by atoms with Crippen molar-refractivity contribution >= 4 is 5.91 Å². The molecule has 0 spiro atoms. The van der Waals surface area contributed by atoms with Crippen LogP contribution in [0.5, 0.6) is 0 Å². The smallest absolute Gasteiger partial charge is 0.273 e. The number of benzene rings is 1. The number of aromatic nitrogens is 3. The van der Waals surface area contributed by atoms with Gasteiger partial charge in [-0.3, -0.25) is 14.4 Å². The summed E-state index contributed by atoms with van der Waals surface area (Å²) in [6.45, 7) is 8.57. The maximum absolute atomic E-state index is 12.5. The third kappa shape index (κ3) is 4.62. The minimum atomic E-state index is -0.244. The van der Waals surface area contributed by atoms with E-state index in [0.717, 1.165) is 29.9 Å². The summed E-state index contributed by atoms with van der Waals surface area (Å²) >= 11 is 0. The van der Waals surface area contributed by atoms with Crippen LogP contribution in [-0.4, -0.2) is 38.8 Å². The molecule has 3 heterocycles. The Balaban J connectivity index is 1.36. The highest BCUT2D eigenvalue weighted by atomic mass is 16.5. The van der Waals surface area contributed by atoms with E-state index in [1.165, 1.54) is 37.9 Å². The third-order valence-electron chi connectivity index (χ3n) is 5.71. The van der Waals surface area contributed by atoms with E-state index in [2.05, 4.69) is 38.7 Å². The quantitative estimate of drug-likeness (QED) is 0.645. The van der Waals surface area contributed by atoms with Crippen molar-refractivity contribution in [1.29, 1.82) is 0 Å². The van der Waals surface area contributed by atoms with Gasteiger partial charge in [0, 0.05) is 31.4 Å². The Morgan fingerprint density at radius 1 is 1.17 bits per heavy atom. The van der Waals surface area contributed by atoms with Crippen molar-refractivity contribution in [3.8, 4) is 11.3 Å². The van der Waals surface area contributed by atoms with Gasteiger partial charge in [0.2, 0.25) is 0 Å². The van der Waals surface area contributed by atoms with Crippen molar-refractivity contribution in [2.24, 2.45) is 0 Å². The van der Waals surface area contributed by atoms with Crippen molar-refractivity contribution in [1.82, 2.24) is 25.2 Å². The Bertz CT molecular complexity index is 1000. The van der Waals surface area contributed by atoms with E-state index in [-0.39, 0.29) is 11.6 Å². The van der Waals surface area contributed by atoms with Crippen LogP contribution in [0.25, 0.3) is 11.3 Å². The average molecular weight is 408 g/mol. The van der Waals surface area contributed by atoms with E-state index < -0.39 is 0 Å². The van der Waals surface area contributed by atoms with Gasteiger partial charge < -0.3 is 9.84 Å². The largest absolute Gasteiger partial charge is 0.355 e. The number of hydrogen-bond acceptors (Lipinski definition) is 5. The summed E-state index contributed by atoms with van der Waals surface area (Å²) in [6, 6.07) is 10.1. The number of hydrogen-bond donors (Lipinski definition) is 1. The van der Waals surface area contributed by atoms with Crippen molar-refractivity contribution in [3.05, 3.63) is 59.0 Å². The van der Waals surface area contributed by atoms with Crippen LogP contribution in [0.4, 0.5) is 0 Å². The van der Waals surface area contributed by atoms with Gasteiger partial charge in [-0.15, -0.1) is 0 Å². The molecule has 7 heteroatoms. The minimum absolute atomic E-state index is 0.244. The predicted octanol–water partition coefficient (Wildman–Crippen LogP) is 3.78. The summed E-state index contributed by atoms with van der Waals surface area (Å²) in [6.07, 6.45) is 5.66. The summed E-state index contributed by atoms with van der Waals surface area (Å²) in [5.74, 6) is 0.313. The Morgan fingerprint density at radius 3 is 2.73 bits per heavy atom. The second kappa shape index (κ2) is 9.26. The molecule has 0 aliphatic carbocycles. The van der Waals surface area contributed by atoms with Gasteiger partial charge in [-0.1, -0.05) is 35.8 Å². The molecule has 1 fully saturated rings. The van der Waals surface area contributed by atoms with Gasteiger partial charge in [-0.25, -0.2) is 0 Å². The zero-order valence-corrected chi connectivity index (χ0v) is 17.7. The van der Waals surface area contributed by atoms with Crippen LogP contribution in [0.3, 0.4) is 0 Å². The molecule has 1 aliphatic rings. The van der Waals surface area contributed by atoms with E-state index >= 15 is 0 Å². The molecule has 1 amide bonds. The van der Waals surface area contributed by atoms with Crippen molar-refractivity contribution in [3.63, 3.8) is 0 Å². The molecule has 2 aromatic heterocycles. The van der Waals surface area contributed by atoms with E-state index in [4.69, 9.17) is 4.52 Å². The molecule has 0 saturated carbocycles. The fourth-order valence-electron chi connectivity index (χ4n) is 4.00. The zero-order chi connectivity index (χ0) is 20.9. The van der Waals surface area contributed by atoms with Gasteiger partial charge >= 0.3 is 0 Å². The number of carbonyl (C=O) groups is 1. The Hall–Kier alpha value is -2.93. The monoisotopic (exact) mass is 407 g/mol. The summed E-state index contributed by atoms with van der Waals surface area (Å²) < 4.78 is 7.28. The molecule has 0 atom stereocenters. The van der Waals surface area contributed by atoms with Gasteiger partial charge in [0.15, 0.2) is 11.5 Å². The first-order valence-electron chi connectivity index (χ1n) is 10.7. The van der Waals surface area contributed by atoms with Gasteiger partial charge in [0.25, 0.3) is 5.91 Å². The van der Waals surface area contributed by atoms with Crippen molar-refractivity contribution in [2.45, 2.75) is 52.7 Å². The van der Waals surface area contributed by atoms with E-state index in [1.54, 1.807) is 12.3 Å². The second-order valence-corrected chi connectivity index (χ2v) is 7.88. The SMILES string of the molecule is CCn1ncc(-c2cc(C(=O)NCc3cccc(CN4CCCCC4)c3)no2)c1C. The van der Waals surface area contributed by atoms with Gasteiger partial charge in [0.05, 0.1) is 11.8 Å². The number of nitrogens with zero attached hydrogens (tertiary/aromatic N) is 4. The minimum Gasteiger partial charge on any atom is -0.355 e. The first-order chi connectivity index (χ1) is 14.6. The van der Waals surface area contributed by atoms with Crippen LogP contribution in [0.2, 0.25) is 0 Å². The summed E-state index contributed by atoms with van der Waals surface area (Å²) in [5, 5.41) is 11.2. The van der Waals surface area contributed by atoms with Crippen molar-refractivity contribution in [2.75, 3.05) is 13.1 Å². The first kappa shape index (κ1) is 20.3. The van der Waals surface area contributed by atoms with Gasteiger partial charge in [-0.2, -0.15) is 5.10 Å². The van der Waals surface area contributed by atoms with E-state index in [0.29, 0.717) is 12.3 Å². The normalized spacial score (nSPS) is 14.7. The zero-order valence-electron chi connectivity index (χ0n) is 17.7. The van der Waals surface area contributed by atoms with Crippen LogP contribution in [-0.2, 0) is 19.6 Å². The fraction of sp³-hybridized carbons (Fsp3) is 0.435. The maximum Gasteiger partial charge on any atom is 0.273 e. The van der Waals surface area contributed by atoms with Crippen LogP contribution in [0.1, 0.15) is 53.5 Å². The number of nitrogens with one attached hydrogen (secondary N) is 1. The Kier molecular flexibility index (Phi) is 6.28. The molecule has 0 radical (unpaired) electrons. The van der Waals surface area contributed by atoms with E-state index in [1.807, 2.05) is 24.6 Å². The lowest BCUT2D eigenvalue weighted by molar-refractivity contribution is 0.0942. The molecule has 1 aliphatic heterocycles. The van der Waals surface area contributed by atoms with Crippen molar-refractivity contribution < 1.29 is 9.32 Å². The summed E-state index contributed by atoms with van der Waals surface area (Å²) in [4.78, 5) is 15.0. The topological polar surface area (TPSA) is 76.2 Å². The molecule has 1 N–H and O–H groups in total. The highest BCUT2D eigenvalue weighted by Gasteiger charge is 2.17. The second-order valence-electron chi connectivity index (χ2n) is 7.88. The number of piperidine rings is 1. The summed E-state index contributed by atoms with van der Waals surface area (Å²) in [7, 11) is 0.